The van der Waals surface area contributed by atoms with Crippen molar-refractivity contribution >= 4 is 17.7 Å². The molecular formula is C32H32F3N3O6. The van der Waals surface area contributed by atoms with E-state index in [1.165, 1.54) is 18.2 Å². The number of aromatic carboxylic acids is 1. The maximum absolute atomic E-state index is 13.9. The van der Waals surface area contributed by atoms with Crippen LogP contribution < -0.4 is 9.64 Å². The molecule has 9 nitrogen and oxygen atoms in total. The summed E-state index contributed by atoms with van der Waals surface area (Å²) in [6.45, 7) is 0.711. The number of carbonyl (C=O) groups excluding carboxylic acids is 1. The van der Waals surface area contributed by atoms with Crippen molar-refractivity contribution in [3.8, 4) is 17.0 Å². The summed E-state index contributed by atoms with van der Waals surface area (Å²) in [6.07, 6.45) is 1.36. The van der Waals surface area contributed by atoms with Gasteiger partial charge in [0.15, 0.2) is 0 Å². The molecule has 1 aliphatic carbocycles. The maximum Gasteiger partial charge on any atom is 0.573 e. The zero-order chi connectivity index (χ0) is 30.6. The molecule has 12 heteroatoms. The van der Waals surface area contributed by atoms with E-state index >= 15 is 0 Å². The lowest BCUT2D eigenvalue weighted by Crippen LogP contribution is -2.54. The normalized spacial score (nSPS) is 23.0. The first kappa shape index (κ1) is 28.7. The number of carbonyl (C=O) groups is 2. The van der Waals surface area contributed by atoms with Gasteiger partial charge in [-0.3, -0.25) is 4.90 Å². The van der Waals surface area contributed by atoms with Crippen LogP contribution in [0.5, 0.6) is 5.75 Å². The van der Waals surface area contributed by atoms with Gasteiger partial charge in [0.2, 0.25) is 0 Å². The van der Waals surface area contributed by atoms with Gasteiger partial charge in [-0.2, -0.15) is 0 Å². The molecule has 2 amide bonds. The number of piperidine rings is 1. The van der Waals surface area contributed by atoms with E-state index in [-0.39, 0.29) is 59.3 Å². The molecule has 0 radical (unpaired) electrons. The molecule has 1 aromatic heterocycles. The second kappa shape index (κ2) is 11.1. The number of carboxylic acids is 1. The van der Waals surface area contributed by atoms with E-state index in [2.05, 4.69) is 9.89 Å². The van der Waals surface area contributed by atoms with Crippen molar-refractivity contribution in [2.24, 2.45) is 0 Å². The third kappa shape index (κ3) is 5.51. The van der Waals surface area contributed by atoms with Crippen molar-refractivity contribution in [2.45, 2.75) is 88.4 Å². The molecule has 4 heterocycles. The Balaban J connectivity index is 1.07. The fourth-order valence-electron chi connectivity index (χ4n) is 7.06. The smallest absolute Gasteiger partial charge is 0.478 e. The minimum Gasteiger partial charge on any atom is -0.478 e. The average molecular weight is 612 g/mol. The zero-order valence-corrected chi connectivity index (χ0v) is 23.9. The van der Waals surface area contributed by atoms with Gasteiger partial charge >= 0.3 is 18.4 Å². The number of anilines is 1. The lowest BCUT2D eigenvalue weighted by Gasteiger charge is -2.42. The molecule has 2 aromatic carbocycles. The van der Waals surface area contributed by atoms with Crippen molar-refractivity contribution in [2.75, 3.05) is 11.4 Å². The highest BCUT2D eigenvalue weighted by Gasteiger charge is 2.46. The molecule has 2 saturated heterocycles. The Labute approximate surface area is 251 Å². The van der Waals surface area contributed by atoms with Crippen molar-refractivity contribution < 1.29 is 41.9 Å². The minimum absolute atomic E-state index is 0.000628. The third-order valence-electron chi connectivity index (χ3n) is 9.18. The number of amides is 2. The Kier molecular flexibility index (Phi) is 7.26. The van der Waals surface area contributed by atoms with Crippen LogP contribution in [0.2, 0.25) is 0 Å². The van der Waals surface area contributed by atoms with E-state index in [1.807, 2.05) is 4.90 Å². The first-order valence-corrected chi connectivity index (χ1v) is 15.1. The van der Waals surface area contributed by atoms with E-state index in [9.17, 15) is 27.9 Å². The first-order chi connectivity index (χ1) is 21.2. The van der Waals surface area contributed by atoms with Crippen LogP contribution in [0, 0.1) is 0 Å². The monoisotopic (exact) mass is 611 g/mol. The van der Waals surface area contributed by atoms with Gasteiger partial charge in [0.1, 0.15) is 17.2 Å². The predicted molar refractivity (Wildman–Crippen MR) is 152 cm³/mol. The summed E-state index contributed by atoms with van der Waals surface area (Å²) in [4.78, 5) is 29.1. The molecule has 1 saturated carbocycles. The Morgan fingerprint density at radius 3 is 2.50 bits per heavy atom. The number of aromatic nitrogens is 1. The molecule has 3 aliphatic heterocycles. The summed E-state index contributed by atoms with van der Waals surface area (Å²) in [5.41, 5.74) is 2.98. The van der Waals surface area contributed by atoms with Crippen molar-refractivity contribution in [3.05, 3.63) is 64.9 Å². The Bertz CT molecular complexity index is 1570. The number of nitrogens with zero attached hydrogens (tertiary/aromatic N) is 3. The number of ether oxygens (including phenoxy) is 2. The highest BCUT2D eigenvalue weighted by molar-refractivity contribution is 5.95. The number of urea groups is 1. The van der Waals surface area contributed by atoms with E-state index in [0.29, 0.717) is 30.7 Å². The quantitative estimate of drug-likeness (QED) is 0.310. The molecule has 3 aromatic rings. The number of carboxylic acid groups (broad SMARTS) is 1. The molecule has 7 rings (SSSR count). The summed E-state index contributed by atoms with van der Waals surface area (Å²) in [7, 11) is 0. The van der Waals surface area contributed by atoms with Gasteiger partial charge in [-0.1, -0.05) is 17.3 Å². The number of halogens is 3. The topological polar surface area (TPSA) is 105 Å². The second-order valence-corrected chi connectivity index (χ2v) is 12.1. The maximum atomic E-state index is 13.9. The molecule has 3 fully saturated rings. The van der Waals surface area contributed by atoms with Crippen LogP contribution in [0.15, 0.2) is 47.0 Å². The number of hydrogen-bond acceptors (Lipinski definition) is 6. The average Bonchev–Trinajstić information content (AvgIpc) is 3.70. The molecule has 4 aliphatic rings. The van der Waals surface area contributed by atoms with Crippen molar-refractivity contribution in [1.82, 2.24) is 10.1 Å². The highest BCUT2D eigenvalue weighted by Crippen LogP contribution is 2.46. The van der Waals surface area contributed by atoms with Crippen LogP contribution >= 0.6 is 0 Å². The van der Waals surface area contributed by atoms with Gasteiger partial charge in [-0.15, -0.1) is 13.2 Å². The predicted octanol–water partition coefficient (Wildman–Crippen LogP) is 6.90. The van der Waals surface area contributed by atoms with Crippen LogP contribution in [0.3, 0.4) is 0 Å². The zero-order valence-electron chi connectivity index (χ0n) is 23.9. The molecule has 2 bridgehead atoms. The summed E-state index contributed by atoms with van der Waals surface area (Å²) in [6, 6.07) is 10.8. The highest BCUT2D eigenvalue weighted by atomic mass is 19.4. The molecule has 2 atom stereocenters. The number of fused-ring (bicyclic) bond motifs is 3. The fraction of sp³-hybridized carbons (Fsp3) is 0.469. The molecule has 0 spiro atoms. The Morgan fingerprint density at radius 1 is 1.05 bits per heavy atom. The fourth-order valence-corrected chi connectivity index (χ4v) is 7.06. The number of aryl methyl sites for hydroxylation is 1. The molecule has 1 N–H and O–H groups in total. The van der Waals surface area contributed by atoms with Gasteiger partial charge in [0, 0.05) is 41.4 Å². The largest absolute Gasteiger partial charge is 0.573 e. The minimum atomic E-state index is -4.85. The standard InChI is InChI=1S/C32H32F3N3O6/c33-32(34,35)43-27-6-2-1-5-24(27)28-25(29(44-36-28)18-7-8-18)17-42-23-15-21-10-11-22(16-23)38(21)31(41)37-13-3-4-19-14-20(30(39)40)9-12-26(19)37/h1-2,5-6,9,12,14,18,21-23H,3-4,7-8,10-11,13,15-17H2,(H,39,40). The Morgan fingerprint density at radius 2 is 1.80 bits per heavy atom. The summed E-state index contributed by atoms with van der Waals surface area (Å²) >= 11 is 0. The van der Waals surface area contributed by atoms with Gasteiger partial charge in [-0.25, -0.2) is 9.59 Å². The molecule has 2 unspecified atom stereocenters. The number of hydrogen-bond donors (Lipinski definition) is 1. The number of rotatable bonds is 7. The second-order valence-electron chi connectivity index (χ2n) is 12.1. The van der Waals surface area contributed by atoms with E-state index < -0.39 is 12.3 Å². The van der Waals surface area contributed by atoms with Crippen LogP contribution in [0.4, 0.5) is 23.7 Å². The summed E-state index contributed by atoms with van der Waals surface area (Å²) in [5, 5.41) is 13.6. The van der Waals surface area contributed by atoms with Gasteiger partial charge in [-0.05, 0) is 87.3 Å². The van der Waals surface area contributed by atoms with E-state index in [4.69, 9.17) is 9.26 Å². The SMILES string of the molecule is O=C(O)c1ccc2c(c1)CCCN2C(=O)N1C2CCC1CC(OCc1c(-c3ccccc3OC(F)(F)F)noc1C1CC1)C2. The number of para-hydroxylation sites is 1. The lowest BCUT2D eigenvalue weighted by atomic mass is 9.97. The van der Waals surface area contributed by atoms with Crippen LogP contribution in [0.25, 0.3) is 11.3 Å². The van der Waals surface area contributed by atoms with E-state index in [0.717, 1.165) is 49.8 Å². The molecule has 232 valence electrons. The van der Waals surface area contributed by atoms with Gasteiger partial charge < -0.3 is 24.0 Å². The first-order valence-electron chi connectivity index (χ1n) is 15.1. The number of alkyl halides is 3. The van der Waals surface area contributed by atoms with Crippen molar-refractivity contribution in [3.63, 3.8) is 0 Å². The molecule has 44 heavy (non-hydrogen) atoms. The van der Waals surface area contributed by atoms with Crippen LogP contribution in [0.1, 0.15) is 78.1 Å². The van der Waals surface area contributed by atoms with Crippen LogP contribution in [-0.2, 0) is 17.8 Å². The van der Waals surface area contributed by atoms with Crippen molar-refractivity contribution in [1.29, 1.82) is 0 Å². The van der Waals surface area contributed by atoms with E-state index in [1.54, 1.807) is 29.2 Å². The van der Waals surface area contributed by atoms with Gasteiger partial charge in [0.25, 0.3) is 0 Å². The van der Waals surface area contributed by atoms with Gasteiger partial charge in [0.05, 0.1) is 18.3 Å². The Hall–Kier alpha value is -4.06. The summed E-state index contributed by atoms with van der Waals surface area (Å²) < 4.78 is 55.8. The number of benzene rings is 2. The molecular weight excluding hydrogens is 579 g/mol. The lowest BCUT2D eigenvalue weighted by molar-refractivity contribution is -0.274. The third-order valence-corrected chi connectivity index (χ3v) is 9.18. The summed E-state index contributed by atoms with van der Waals surface area (Å²) in [5.74, 6) is -0.523. The van der Waals surface area contributed by atoms with Crippen LogP contribution in [-0.4, -0.2) is 58.3 Å².